The smallest absolute Gasteiger partial charge is 0.274 e. The maximum absolute atomic E-state index is 13.8. The topological polar surface area (TPSA) is 76.1 Å². The number of rotatable bonds is 7. The normalized spacial score (nSPS) is 10.5. The molecule has 0 radical (unpaired) electrons. The lowest BCUT2D eigenvalue weighted by Gasteiger charge is -2.11. The molecule has 3 aromatic rings. The number of aromatic nitrogens is 2. The Kier molecular flexibility index (Phi) is 6.33. The van der Waals surface area contributed by atoms with Crippen LogP contribution in [0.1, 0.15) is 21.7 Å². The van der Waals surface area contributed by atoms with Crippen LogP contribution in [0.5, 0.6) is 5.75 Å². The summed E-state index contributed by atoms with van der Waals surface area (Å²) in [6.07, 6.45) is 0.670. The van der Waals surface area contributed by atoms with Gasteiger partial charge in [-0.3, -0.25) is 4.79 Å². The molecule has 3 rings (SSSR count). The molecule has 1 aromatic heterocycles. The molecule has 1 heterocycles. The first-order valence-corrected chi connectivity index (χ1v) is 8.94. The highest BCUT2D eigenvalue weighted by molar-refractivity contribution is 6.03. The summed E-state index contributed by atoms with van der Waals surface area (Å²) in [4.78, 5) is 20.9. The van der Waals surface area contributed by atoms with Gasteiger partial charge in [-0.15, -0.1) is 0 Å². The second-order valence-corrected chi connectivity index (χ2v) is 6.29. The number of hydrogen-bond donors (Lipinski definition) is 2. The van der Waals surface area contributed by atoms with E-state index in [1.807, 2.05) is 24.3 Å². The third-order valence-electron chi connectivity index (χ3n) is 4.14. The lowest BCUT2D eigenvalue weighted by molar-refractivity contribution is 0.102. The first kappa shape index (κ1) is 20.2. The molecule has 0 saturated carbocycles. The van der Waals surface area contributed by atoms with Gasteiger partial charge >= 0.3 is 0 Å². The van der Waals surface area contributed by atoms with Crippen molar-refractivity contribution < 1.29 is 18.3 Å². The minimum Gasteiger partial charge on any atom is -0.496 e. The SMILES string of the molecule is COc1ccccc1CCNc1nc(C)cc(C(=O)Nc2ccc(F)cc2F)n1. The number of hydrogen-bond acceptors (Lipinski definition) is 5. The Hall–Kier alpha value is -3.55. The molecule has 1 amide bonds. The summed E-state index contributed by atoms with van der Waals surface area (Å²) in [7, 11) is 1.62. The first-order valence-electron chi connectivity index (χ1n) is 8.94. The summed E-state index contributed by atoms with van der Waals surface area (Å²) < 4.78 is 32.1. The number of anilines is 2. The van der Waals surface area contributed by atoms with Crippen molar-refractivity contribution in [1.82, 2.24) is 9.97 Å². The van der Waals surface area contributed by atoms with Crippen molar-refractivity contribution in [3.8, 4) is 5.75 Å². The third kappa shape index (κ3) is 5.25. The van der Waals surface area contributed by atoms with Crippen LogP contribution in [0.2, 0.25) is 0 Å². The van der Waals surface area contributed by atoms with Crippen LogP contribution in [0, 0.1) is 18.6 Å². The molecule has 6 nitrogen and oxygen atoms in total. The molecule has 0 atom stereocenters. The van der Waals surface area contributed by atoms with Gasteiger partial charge in [-0.1, -0.05) is 18.2 Å². The Bertz CT molecular complexity index is 1030. The maximum Gasteiger partial charge on any atom is 0.274 e. The minimum atomic E-state index is -0.862. The summed E-state index contributed by atoms with van der Waals surface area (Å²) in [5, 5.41) is 5.47. The van der Waals surface area contributed by atoms with E-state index in [1.165, 1.54) is 6.07 Å². The van der Waals surface area contributed by atoms with Crippen molar-refractivity contribution in [2.45, 2.75) is 13.3 Å². The number of nitrogens with one attached hydrogen (secondary N) is 2. The number of carbonyl (C=O) groups excluding carboxylic acids is 1. The number of ether oxygens (including phenoxy) is 1. The van der Waals surface area contributed by atoms with Crippen molar-refractivity contribution in [3.05, 3.63) is 77.1 Å². The molecule has 0 saturated heterocycles. The number of amides is 1. The van der Waals surface area contributed by atoms with Crippen molar-refractivity contribution in [1.29, 1.82) is 0 Å². The van der Waals surface area contributed by atoms with Gasteiger partial charge in [-0.05, 0) is 43.2 Å². The van der Waals surface area contributed by atoms with Gasteiger partial charge in [0.15, 0.2) is 0 Å². The van der Waals surface area contributed by atoms with E-state index in [4.69, 9.17) is 4.74 Å². The molecule has 0 bridgehead atoms. The number of carbonyl (C=O) groups is 1. The van der Waals surface area contributed by atoms with Crippen LogP contribution in [0.4, 0.5) is 20.4 Å². The fourth-order valence-electron chi connectivity index (χ4n) is 2.76. The summed E-state index contributed by atoms with van der Waals surface area (Å²) in [6, 6.07) is 12.1. The van der Waals surface area contributed by atoms with Crippen molar-refractivity contribution in [2.75, 3.05) is 24.3 Å². The predicted octanol–water partition coefficient (Wildman–Crippen LogP) is 3.98. The number of methoxy groups -OCH3 is 1. The maximum atomic E-state index is 13.8. The van der Waals surface area contributed by atoms with Gasteiger partial charge in [0.25, 0.3) is 5.91 Å². The highest BCUT2D eigenvalue weighted by Crippen LogP contribution is 2.18. The Labute approximate surface area is 167 Å². The van der Waals surface area contributed by atoms with Gasteiger partial charge in [0.05, 0.1) is 12.8 Å². The molecule has 0 aliphatic heterocycles. The Balaban J connectivity index is 1.68. The quantitative estimate of drug-likeness (QED) is 0.630. The Morgan fingerprint density at radius 2 is 1.90 bits per heavy atom. The predicted molar refractivity (Wildman–Crippen MR) is 106 cm³/mol. The lowest BCUT2D eigenvalue weighted by Crippen LogP contribution is -2.17. The zero-order valence-electron chi connectivity index (χ0n) is 16.0. The molecule has 2 aromatic carbocycles. The number of benzene rings is 2. The van der Waals surface area contributed by atoms with E-state index in [0.717, 1.165) is 23.4 Å². The van der Waals surface area contributed by atoms with E-state index in [0.29, 0.717) is 24.7 Å². The summed E-state index contributed by atoms with van der Waals surface area (Å²) in [5.41, 5.74) is 1.55. The van der Waals surface area contributed by atoms with Gasteiger partial charge in [0.1, 0.15) is 23.1 Å². The van der Waals surface area contributed by atoms with E-state index in [2.05, 4.69) is 20.6 Å². The molecular formula is C21H20F2N4O2. The molecule has 2 N–H and O–H groups in total. The van der Waals surface area contributed by atoms with Crippen LogP contribution in [0.25, 0.3) is 0 Å². The number of aryl methyl sites for hydroxylation is 1. The molecule has 0 unspecified atom stereocenters. The number of nitrogens with zero attached hydrogens (tertiary/aromatic N) is 2. The third-order valence-corrected chi connectivity index (χ3v) is 4.14. The molecule has 0 aliphatic carbocycles. The zero-order valence-corrected chi connectivity index (χ0v) is 16.0. The lowest BCUT2D eigenvalue weighted by atomic mass is 10.1. The Morgan fingerprint density at radius 1 is 1.10 bits per heavy atom. The molecule has 8 heteroatoms. The first-order chi connectivity index (χ1) is 14.0. The van der Waals surface area contributed by atoms with Crippen LogP contribution in [-0.2, 0) is 6.42 Å². The molecule has 0 fully saturated rings. The van der Waals surface area contributed by atoms with Crippen LogP contribution in [0.15, 0.2) is 48.5 Å². The highest BCUT2D eigenvalue weighted by Gasteiger charge is 2.14. The van der Waals surface area contributed by atoms with Gasteiger partial charge in [-0.25, -0.2) is 18.7 Å². The molecule has 0 spiro atoms. The average molecular weight is 398 g/mol. The van der Waals surface area contributed by atoms with E-state index < -0.39 is 17.5 Å². The van der Waals surface area contributed by atoms with Crippen LogP contribution in [0.3, 0.4) is 0 Å². The van der Waals surface area contributed by atoms with E-state index in [9.17, 15) is 13.6 Å². The largest absolute Gasteiger partial charge is 0.496 e. The van der Waals surface area contributed by atoms with Gasteiger partial charge in [-0.2, -0.15) is 0 Å². The van der Waals surface area contributed by atoms with Crippen molar-refractivity contribution in [3.63, 3.8) is 0 Å². The van der Waals surface area contributed by atoms with E-state index in [-0.39, 0.29) is 17.3 Å². The molecular weight excluding hydrogens is 378 g/mol. The van der Waals surface area contributed by atoms with Crippen molar-refractivity contribution >= 4 is 17.5 Å². The van der Waals surface area contributed by atoms with Crippen LogP contribution >= 0.6 is 0 Å². The minimum absolute atomic E-state index is 0.0704. The van der Waals surface area contributed by atoms with Crippen LogP contribution < -0.4 is 15.4 Å². The van der Waals surface area contributed by atoms with Crippen LogP contribution in [-0.4, -0.2) is 29.5 Å². The van der Waals surface area contributed by atoms with Crippen molar-refractivity contribution in [2.24, 2.45) is 0 Å². The fraction of sp³-hybridized carbons (Fsp3) is 0.190. The standard InChI is InChI=1S/C21H20F2N4O2/c1-13-11-18(20(28)26-17-8-7-15(22)12-16(17)23)27-21(25-13)24-10-9-14-5-3-4-6-19(14)29-2/h3-8,11-12H,9-10H2,1-2H3,(H,26,28)(H,24,25,27). The Morgan fingerprint density at radius 3 is 2.66 bits per heavy atom. The second-order valence-electron chi connectivity index (χ2n) is 6.29. The molecule has 150 valence electrons. The number of para-hydroxylation sites is 1. The monoisotopic (exact) mass is 398 g/mol. The number of halogens is 2. The van der Waals surface area contributed by atoms with Gasteiger partial charge in [0.2, 0.25) is 5.95 Å². The van der Waals surface area contributed by atoms with E-state index >= 15 is 0 Å². The molecule has 29 heavy (non-hydrogen) atoms. The summed E-state index contributed by atoms with van der Waals surface area (Å²) in [6.45, 7) is 2.25. The fourth-order valence-corrected chi connectivity index (χ4v) is 2.76. The zero-order chi connectivity index (χ0) is 20.8. The van der Waals surface area contributed by atoms with E-state index in [1.54, 1.807) is 14.0 Å². The second kappa shape index (κ2) is 9.09. The van der Waals surface area contributed by atoms with Gasteiger partial charge in [0, 0.05) is 18.3 Å². The summed E-state index contributed by atoms with van der Waals surface area (Å²) >= 11 is 0. The van der Waals surface area contributed by atoms with Gasteiger partial charge < -0.3 is 15.4 Å². The summed E-state index contributed by atoms with van der Waals surface area (Å²) in [5.74, 6) is -1.13. The highest BCUT2D eigenvalue weighted by atomic mass is 19.1. The average Bonchev–Trinajstić information content (AvgIpc) is 2.70. The molecule has 0 aliphatic rings.